The Morgan fingerprint density at radius 3 is 2.70 bits per heavy atom. The summed E-state index contributed by atoms with van der Waals surface area (Å²) in [5.74, 6) is 1.34. The van der Waals surface area contributed by atoms with Crippen LogP contribution >= 0.6 is 0 Å². The molecule has 1 aromatic heterocycles. The number of aromatic nitrogens is 2. The van der Waals surface area contributed by atoms with E-state index in [1.807, 2.05) is 48.5 Å². The Bertz CT molecular complexity index is 728. The number of fused-ring (bicyclic) bond motifs is 1. The van der Waals surface area contributed by atoms with Gasteiger partial charge in [-0.1, -0.05) is 24.3 Å². The molecule has 0 saturated carbocycles. The molecule has 0 N–H and O–H groups in total. The van der Waals surface area contributed by atoms with Gasteiger partial charge in [-0.25, -0.2) is 9.97 Å². The van der Waals surface area contributed by atoms with E-state index < -0.39 is 0 Å². The van der Waals surface area contributed by atoms with Crippen molar-refractivity contribution in [3.63, 3.8) is 0 Å². The lowest BCUT2D eigenvalue weighted by molar-refractivity contribution is 0.293. The fourth-order valence-electron chi connectivity index (χ4n) is 1.93. The van der Waals surface area contributed by atoms with Crippen LogP contribution in [0.2, 0.25) is 0 Å². The summed E-state index contributed by atoms with van der Waals surface area (Å²) in [5, 5.41) is 0. The summed E-state index contributed by atoms with van der Waals surface area (Å²) in [7, 11) is 1.65. The molecule has 0 unspecified atom stereocenters. The van der Waals surface area contributed by atoms with Crippen molar-refractivity contribution in [2.45, 2.75) is 6.61 Å². The SMILES string of the molecule is COc1cccc(COc2cnc3ccccc3n2)c1. The lowest BCUT2D eigenvalue weighted by Gasteiger charge is -2.07. The fourth-order valence-corrected chi connectivity index (χ4v) is 1.93. The Morgan fingerprint density at radius 1 is 1.00 bits per heavy atom. The molecule has 0 amide bonds. The van der Waals surface area contributed by atoms with Crippen LogP contribution in [0.15, 0.2) is 54.7 Å². The zero-order valence-electron chi connectivity index (χ0n) is 11.1. The van der Waals surface area contributed by atoms with Crippen molar-refractivity contribution in [2.24, 2.45) is 0 Å². The molecule has 0 spiro atoms. The smallest absolute Gasteiger partial charge is 0.233 e. The second kappa shape index (κ2) is 5.57. The summed E-state index contributed by atoms with van der Waals surface area (Å²) < 4.78 is 10.9. The number of nitrogens with zero attached hydrogens (tertiary/aromatic N) is 2. The van der Waals surface area contributed by atoms with Gasteiger partial charge in [-0.05, 0) is 29.8 Å². The van der Waals surface area contributed by atoms with Crippen LogP contribution in [0, 0.1) is 0 Å². The monoisotopic (exact) mass is 266 g/mol. The zero-order valence-corrected chi connectivity index (χ0v) is 11.1. The molecular formula is C16H14N2O2. The van der Waals surface area contributed by atoms with E-state index in [1.165, 1.54) is 0 Å². The van der Waals surface area contributed by atoms with E-state index in [1.54, 1.807) is 13.3 Å². The molecule has 0 atom stereocenters. The average molecular weight is 266 g/mol. The molecule has 0 aliphatic carbocycles. The first-order chi connectivity index (χ1) is 9.85. The van der Waals surface area contributed by atoms with Crippen LogP contribution in [0.1, 0.15) is 5.56 Å². The average Bonchev–Trinajstić information content (AvgIpc) is 2.53. The molecule has 0 saturated heterocycles. The Kier molecular flexibility index (Phi) is 3.46. The van der Waals surface area contributed by atoms with Gasteiger partial charge in [0.05, 0.1) is 24.3 Å². The molecule has 20 heavy (non-hydrogen) atoms. The number of para-hydroxylation sites is 2. The highest BCUT2D eigenvalue weighted by Crippen LogP contribution is 2.16. The highest BCUT2D eigenvalue weighted by Gasteiger charge is 2.01. The van der Waals surface area contributed by atoms with Crippen LogP contribution in [0.4, 0.5) is 0 Å². The van der Waals surface area contributed by atoms with Crippen LogP contribution in [0.25, 0.3) is 11.0 Å². The van der Waals surface area contributed by atoms with Gasteiger partial charge in [0.25, 0.3) is 0 Å². The molecule has 0 bridgehead atoms. The van der Waals surface area contributed by atoms with E-state index in [9.17, 15) is 0 Å². The highest BCUT2D eigenvalue weighted by molar-refractivity contribution is 5.73. The van der Waals surface area contributed by atoms with E-state index >= 15 is 0 Å². The maximum Gasteiger partial charge on any atom is 0.233 e. The maximum atomic E-state index is 5.67. The maximum absolute atomic E-state index is 5.67. The third-order valence-corrected chi connectivity index (χ3v) is 2.95. The minimum Gasteiger partial charge on any atom is -0.497 e. The van der Waals surface area contributed by atoms with Gasteiger partial charge in [0, 0.05) is 0 Å². The first-order valence-electron chi connectivity index (χ1n) is 6.33. The largest absolute Gasteiger partial charge is 0.497 e. The first kappa shape index (κ1) is 12.4. The zero-order chi connectivity index (χ0) is 13.8. The van der Waals surface area contributed by atoms with Crippen LogP contribution < -0.4 is 9.47 Å². The molecular weight excluding hydrogens is 252 g/mol. The summed E-state index contributed by atoms with van der Waals surface area (Å²) in [6.07, 6.45) is 1.64. The lowest BCUT2D eigenvalue weighted by atomic mass is 10.2. The van der Waals surface area contributed by atoms with Gasteiger partial charge in [0.1, 0.15) is 12.4 Å². The summed E-state index contributed by atoms with van der Waals surface area (Å²) in [5.41, 5.74) is 2.72. The normalized spacial score (nSPS) is 10.4. The van der Waals surface area contributed by atoms with Gasteiger partial charge < -0.3 is 9.47 Å². The van der Waals surface area contributed by atoms with Crippen molar-refractivity contribution in [2.75, 3.05) is 7.11 Å². The van der Waals surface area contributed by atoms with Crippen molar-refractivity contribution in [3.05, 3.63) is 60.3 Å². The molecule has 3 rings (SSSR count). The molecule has 4 nitrogen and oxygen atoms in total. The number of hydrogen-bond donors (Lipinski definition) is 0. The summed E-state index contributed by atoms with van der Waals surface area (Å²) in [6.45, 7) is 0.435. The number of benzene rings is 2. The Labute approximate surface area is 117 Å². The summed E-state index contributed by atoms with van der Waals surface area (Å²) in [6, 6.07) is 15.5. The molecule has 3 aromatic rings. The molecule has 100 valence electrons. The van der Waals surface area contributed by atoms with Gasteiger partial charge in [0.2, 0.25) is 5.88 Å². The van der Waals surface area contributed by atoms with E-state index in [2.05, 4.69) is 9.97 Å². The Morgan fingerprint density at radius 2 is 1.85 bits per heavy atom. The van der Waals surface area contributed by atoms with Crippen LogP contribution in [-0.4, -0.2) is 17.1 Å². The van der Waals surface area contributed by atoms with Crippen LogP contribution in [0.3, 0.4) is 0 Å². The van der Waals surface area contributed by atoms with Gasteiger partial charge in [-0.3, -0.25) is 0 Å². The number of ether oxygens (including phenoxy) is 2. The third kappa shape index (κ3) is 2.69. The third-order valence-electron chi connectivity index (χ3n) is 2.95. The minimum absolute atomic E-state index is 0.435. The van der Waals surface area contributed by atoms with E-state index in [-0.39, 0.29) is 0 Å². The van der Waals surface area contributed by atoms with E-state index in [4.69, 9.17) is 9.47 Å². The predicted molar refractivity (Wildman–Crippen MR) is 76.9 cm³/mol. The molecule has 1 heterocycles. The van der Waals surface area contributed by atoms with Crippen LogP contribution in [0.5, 0.6) is 11.6 Å². The number of methoxy groups -OCH3 is 1. The van der Waals surface area contributed by atoms with Crippen molar-refractivity contribution in [3.8, 4) is 11.6 Å². The van der Waals surface area contributed by atoms with E-state index in [0.717, 1.165) is 22.3 Å². The first-order valence-corrected chi connectivity index (χ1v) is 6.33. The standard InChI is InChI=1S/C16H14N2O2/c1-19-13-6-4-5-12(9-13)11-20-16-10-17-14-7-2-3-8-15(14)18-16/h2-10H,11H2,1H3. The van der Waals surface area contributed by atoms with Crippen LogP contribution in [-0.2, 0) is 6.61 Å². The van der Waals surface area contributed by atoms with Crippen molar-refractivity contribution in [1.82, 2.24) is 9.97 Å². The van der Waals surface area contributed by atoms with Crippen molar-refractivity contribution < 1.29 is 9.47 Å². The molecule has 0 fully saturated rings. The summed E-state index contributed by atoms with van der Waals surface area (Å²) in [4.78, 5) is 8.73. The van der Waals surface area contributed by atoms with Gasteiger partial charge >= 0.3 is 0 Å². The number of hydrogen-bond acceptors (Lipinski definition) is 4. The second-order valence-electron chi connectivity index (χ2n) is 4.34. The van der Waals surface area contributed by atoms with Crippen molar-refractivity contribution >= 4 is 11.0 Å². The van der Waals surface area contributed by atoms with Crippen molar-refractivity contribution in [1.29, 1.82) is 0 Å². The fraction of sp³-hybridized carbons (Fsp3) is 0.125. The minimum atomic E-state index is 0.435. The predicted octanol–water partition coefficient (Wildman–Crippen LogP) is 3.22. The Balaban J connectivity index is 1.76. The van der Waals surface area contributed by atoms with Gasteiger partial charge in [-0.2, -0.15) is 0 Å². The topological polar surface area (TPSA) is 44.2 Å². The molecule has 0 aliphatic heterocycles. The van der Waals surface area contributed by atoms with Gasteiger partial charge in [0.15, 0.2) is 0 Å². The second-order valence-corrected chi connectivity index (χ2v) is 4.34. The van der Waals surface area contributed by atoms with Gasteiger partial charge in [-0.15, -0.1) is 0 Å². The number of rotatable bonds is 4. The lowest BCUT2D eigenvalue weighted by Crippen LogP contribution is -1.98. The highest BCUT2D eigenvalue weighted by atomic mass is 16.5. The van der Waals surface area contributed by atoms with E-state index in [0.29, 0.717) is 12.5 Å². The summed E-state index contributed by atoms with van der Waals surface area (Å²) >= 11 is 0. The quantitative estimate of drug-likeness (QED) is 0.727. The molecule has 0 aliphatic rings. The Hall–Kier alpha value is -2.62. The molecule has 2 aromatic carbocycles. The molecule has 0 radical (unpaired) electrons. The molecule has 4 heteroatoms.